The lowest BCUT2D eigenvalue weighted by Crippen LogP contribution is -1.96. The minimum Gasteiger partial charge on any atom is -0.150 e. The Morgan fingerprint density at radius 2 is 1.20 bits per heavy atom. The minimum absolute atomic E-state index is 0.289. The lowest BCUT2D eigenvalue weighted by Gasteiger charge is -1.98. The molecular formula is C19H27N3O3. The van der Waals surface area contributed by atoms with Gasteiger partial charge < -0.3 is 0 Å². The third-order valence-electron chi connectivity index (χ3n) is 3.37. The monoisotopic (exact) mass is 345 g/mol. The molecule has 0 N–H and O–H groups in total. The van der Waals surface area contributed by atoms with E-state index in [-0.39, 0.29) is 12.1 Å². The molecule has 0 unspecified atom stereocenters. The molecule has 3 atom stereocenters. The number of allylic oxidation sites excluding steroid dienone is 6. The zero-order valence-corrected chi connectivity index (χ0v) is 14.9. The molecule has 0 saturated carbocycles. The van der Waals surface area contributed by atoms with Crippen LogP contribution in [0.4, 0.5) is 0 Å². The molecule has 0 heterocycles. The average molecular weight is 345 g/mol. The van der Waals surface area contributed by atoms with Gasteiger partial charge in [-0.2, -0.15) is 14.7 Å². The number of rotatable bonds is 14. The van der Waals surface area contributed by atoms with E-state index in [9.17, 15) is 14.7 Å². The normalized spacial score (nSPS) is 16.2. The largest absolute Gasteiger partial charge is 0.150 e. The first-order valence-electron chi connectivity index (χ1n) is 8.54. The molecule has 0 aliphatic rings. The van der Waals surface area contributed by atoms with Crippen LogP contribution in [0.1, 0.15) is 39.5 Å². The SMILES string of the molecule is CCC[C@@H](/C=C/C=C/C=C\[C@@H](C/C=C\C=C\[C@@H](CC)N=O)N=O)N=O. The maximum Gasteiger partial charge on any atom is 0.114 e. The molecule has 0 fully saturated rings. The third-order valence-corrected chi connectivity index (χ3v) is 3.37. The van der Waals surface area contributed by atoms with E-state index >= 15 is 0 Å². The Bertz CT molecular complexity index is 522. The Hall–Kier alpha value is -2.50. The van der Waals surface area contributed by atoms with Gasteiger partial charge in [0.25, 0.3) is 0 Å². The molecule has 0 rings (SSSR count). The second-order valence-corrected chi connectivity index (χ2v) is 5.42. The molecular weight excluding hydrogens is 318 g/mol. The van der Waals surface area contributed by atoms with Gasteiger partial charge in [-0.1, -0.05) is 96.6 Å². The molecule has 25 heavy (non-hydrogen) atoms. The fourth-order valence-corrected chi connectivity index (χ4v) is 1.88. The summed E-state index contributed by atoms with van der Waals surface area (Å²) in [7, 11) is 0. The van der Waals surface area contributed by atoms with E-state index in [2.05, 4.69) is 15.5 Å². The summed E-state index contributed by atoms with van der Waals surface area (Å²) in [5.41, 5.74) is 0. The molecule has 0 aromatic heterocycles. The van der Waals surface area contributed by atoms with Crippen LogP contribution in [-0.4, -0.2) is 18.1 Å². The standard InChI is InChI=1S/C19H27N3O3/c1-3-12-18(21-24)14-8-5-6-9-15-19(22-25)16-11-7-10-13-17(4-2)20-23/h5-11,13-15,17-19H,3-4,12,16H2,1-2H3/b6-5+,11-7-,13-10+,14-8+,15-9-/t17-,18+,19+/m1/s1. The zero-order chi connectivity index (χ0) is 18.8. The van der Waals surface area contributed by atoms with E-state index in [0.29, 0.717) is 12.8 Å². The molecule has 0 amide bonds. The molecule has 6 nitrogen and oxygen atoms in total. The first kappa shape index (κ1) is 22.5. The van der Waals surface area contributed by atoms with E-state index in [1.807, 2.05) is 19.9 Å². The molecule has 0 bridgehead atoms. The van der Waals surface area contributed by atoms with Crippen LogP contribution in [0.15, 0.2) is 76.3 Å². The molecule has 0 radical (unpaired) electrons. The topological polar surface area (TPSA) is 88.3 Å². The van der Waals surface area contributed by atoms with Crippen molar-refractivity contribution in [2.75, 3.05) is 0 Å². The first-order valence-corrected chi connectivity index (χ1v) is 8.54. The van der Waals surface area contributed by atoms with E-state index < -0.39 is 6.04 Å². The maximum atomic E-state index is 10.8. The summed E-state index contributed by atoms with van der Waals surface area (Å²) in [6, 6.07) is -1.05. The van der Waals surface area contributed by atoms with Crippen LogP contribution < -0.4 is 0 Å². The molecule has 6 heteroatoms. The van der Waals surface area contributed by atoms with Gasteiger partial charge in [-0.25, -0.2) is 0 Å². The van der Waals surface area contributed by atoms with Crippen molar-refractivity contribution in [3.05, 3.63) is 75.5 Å². The van der Waals surface area contributed by atoms with E-state index in [0.717, 1.165) is 12.8 Å². The lowest BCUT2D eigenvalue weighted by atomic mass is 10.1. The van der Waals surface area contributed by atoms with Gasteiger partial charge in [0.05, 0.1) is 0 Å². The highest BCUT2D eigenvalue weighted by molar-refractivity contribution is 5.15. The van der Waals surface area contributed by atoms with E-state index in [1.54, 1.807) is 54.7 Å². The first-order chi connectivity index (χ1) is 12.2. The highest BCUT2D eigenvalue weighted by Crippen LogP contribution is 2.04. The molecule has 0 aromatic carbocycles. The van der Waals surface area contributed by atoms with Crippen molar-refractivity contribution in [3.63, 3.8) is 0 Å². The minimum atomic E-state index is -0.450. The number of hydrogen-bond donors (Lipinski definition) is 0. The van der Waals surface area contributed by atoms with Gasteiger partial charge in [-0.05, 0) is 19.3 Å². The summed E-state index contributed by atoms with van der Waals surface area (Å²) in [4.78, 5) is 31.8. The Morgan fingerprint density at radius 1 is 0.680 bits per heavy atom. The van der Waals surface area contributed by atoms with E-state index in [1.165, 1.54) is 0 Å². The summed E-state index contributed by atoms with van der Waals surface area (Å²) in [6.45, 7) is 3.89. The maximum absolute atomic E-state index is 10.8. The van der Waals surface area contributed by atoms with Crippen molar-refractivity contribution < 1.29 is 0 Å². The zero-order valence-electron chi connectivity index (χ0n) is 14.9. The van der Waals surface area contributed by atoms with Crippen molar-refractivity contribution in [1.82, 2.24) is 0 Å². The fraction of sp³-hybridized carbons (Fsp3) is 0.474. The van der Waals surface area contributed by atoms with Gasteiger partial charge >= 0.3 is 0 Å². The van der Waals surface area contributed by atoms with Gasteiger partial charge in [0.15, 0.2) is 0 Å². The summed E-state index contributed by atoms with van der Waals surface area (Å²) >= 11 is 0. The summed E-state index contributed by atoms with van der Waals surface area (Å²) in [5.74, 6) is 0. The van der Waals surface area contributed by atoms with Crippen molar-refractivity contribution in [3.8, 4) is 0 Å². The third kappa shape index (κ3) is 12.6. The predicted octanol–water partition coefficient (Wildman–Crippen LogP) is 5.77. The van der Waals surface area contributed by atoms with Crippen LogP contribution in [0.2, 0.25) is 0 Å². The van der Waals surface area contributed by atoms with Crippen LogP contribution in [0, 0.1) is 14.7 Å². The average Bonchev–Trinajstić information content (AvgIpc) is 2.64. The summed E-state index contributed by atoms with van der Waals surface area (Å²) in [5, 5.41) is 9.03. The van der Waals surface area contributed by atoms with Crippen molar-refractivity contribution in [2.24, 2.45) is 15.5 Å². The fourth-order valence-electron chi connectivity index (χ4n) is 1.88. The highest BCUT2D eigenvalue weighted by Gasteiger charge is 2.00. The van der Waals surface area contributed by atoms with Gasteiger partial charge in [0.2, 0.25) is 0 Å². The Labute approximate surface area is 149 Å². The van der Waals surface area contributed by atoms with E-state index in [4.69, 9.17) is 0 Å². The Balaban J connectivity index is 4.30. The molecule has 0 aliphatic carbocycles. The van der Waals surface area contributed by atoms with Crippen molar-refractivity contribution >= 4 is 0 Å². The number of hydrogen-bond acceptors (Lipinski definition) is 6. The van der Waals surface area contributed by atoms with Crippen LogP contribution in [0.25, 0.3) is 0 Å². The van der Waals surface area contributed by atoms with Crippen molar-refractivity contribution in [2.45, 2.75) is 57.7 Å². The Morgan fingerprint density at radius 3 is 1.72 bits per heavy atom. The van der Waals surface area contributed by atoms with Crippen molar-refractivity contribution in [1.29, 1.82) is 0 Å². The second kappa shape index (κ2) is 16.4. The van der Waals surface area contributed by atoms with Crippen LogP contribution in [0.5, 0.6) is 0 Å². The summed E-state index contributed by atoms with van der Waals surface area (Å²) in [6.07, 6.45) is 20.4. The van der Waals surface area contributed by atoms with Gasteiger partial charge in [-0.3, -0.25) is 0 Å². The van der Waals surface area contributed by atoms with Crippen LogP contribution in [-0.2, 0) is 0 Å². The van der Waals surface area contributed by atoms with Gasteiger partial charge in [0.1, 0.15) is 18.1 Å². The van der Waals surface area contributed by atoms with Crippen LogP contribution in [0.3, 0.4) is 0 Å². The molecule has 0 aromatic rings. The second-order valence-electron chi connectivity index (χ2n) is 5.42. The Kier molecular flexibility index (Phi) is 14.7. The van der Waals surface area contributed by atoms with Gasteiger partial charge in [0, 0.05) is 0 Å². The van der Waals surface area contributed by atoms with Crippen LogP contribution >= 0.6 is 0 Å². The lowest BCUT2D eigenvalue weighted by molar-refractivity contribution is 0.701. The molecule has 136 valence electrons. The van der Waals surface area contributed by atoms with Gasteiger partial charge in [-0.15, -0.1) is 0 Å². The smallest absolute Gasteiger partial charge is 0.114 e. The molecule has 0 spiro atoms. The number of nitroso groups, excluding NO2 is 3. The quantitative estimate of drug-likeness (QED) is 0.295. The number of nitrogens with zero attached hydrogens (tertiary/aromatic N) is 3. The molecule has 0 saturated heterocycles. The highest BCUT2D eigenvalue weighted by atomic mass is 16.3. The predicted molar refractivity (Wildman–Crippen MR) is 104 cm³/mol. The summed E-state index contributed by atoms with van der Waals surface area (Å²) < 4.78 is 0. The molecule has 0 aliphatic heterocycles.